The minimum Gasteiger partial charge on any atom is -0.485 e. The molecule has 0 unspecified atom stereocenters. The van der Waals surface area contributed by atoms with Gasteiger partial charge in [-0.25, -0.2) is 18.6 Å². The molecule has 8 nitrogen and oxygen atoms in total. The number of carbonyl (C=O) groups excluding carboxylic acids is 2. The molecule has 4 rings (SSSR count). The van der Waals surface area contributed by atoms with Crippen LogP contribution in [-0.2, 0) is 11.3 Å². The van der Waals surface area contributed by atoms with Gasteiger partial charge in [-0.1, -0.05) is 36.9 Å². The quantitative estimate of drug-likeness (QED) is 0.319. The zero-order valence-corrected chi connectivity index (χ0v) is 24.0. The monoisotopic (exact) mass is 576 g/mol. The first-order valence-corrected chi connectivity index (χ1v) is 13.8. The molecule has 1 aromatic carbocycles. The first-order chi connectivity index (χ1) is 18.9. The zero-order valence-electron chi connectivity index (χ0n) is 23.2. The SMILES string of the molecule is Cc1nc2c(OCc3c(F)cccc3F)cc(Cl)cn2c1C(=O)NCCC1(NC(=O)OC(C)(C)C)CCCCC1. The number of imidazole rings is 1. The minimum absolute atomic E-state index is 0.181. The Bertz CT molecular complexity index is 1380. The number of pyridine rings is 1. The number of amides is 2. The van der Waals surface area contributed by atoms with Gasteiger partial charge in [-0.15, -0.1) is 0 Å². The Balaban J connectivity index is 1.48. The molecule has 1 fully saturated rings. The van der Waals surface area contributed by atoms with Crippen LogP contribution in [0.15, 0.2) is 30.5 Å². The van der Waals surface area contributed by atoms with E-state index in [-0.39, 0.29) is 34.5 Å². The maximum absolute atomic E-state index is 14.1. The third-order valence-corrected chi connectivity index (χ3v) is 7.15. The lowest BCUT2D eigenvalue weighted by molar-refractivity contribution is 0.0416. The maximum Gasteiger partial charge on any atom is 0.408 e. The number of carbonyl (C=O) groups is 2. The summed E-state index contributed by atoms with van der Waals surface area (Å²) in [7, 11) is 0. The molecular formula is C29H35ClF2N4O4. The number of hydrogen-bond acceptors (Lipinski definition) is 5. The summed E-state index contributed by atoms with van der Waals surface area (Å²) >= 11 is 6.31. The highest BCUT2D eigenvalue weighted by atomic mass is 35.5. The number of nitrogens with one attached hydrogen (secondary N) is 2. The molecule has 1 saturated carbocycles. The van der Waals surface area contributed by atoms with E-state index in [4.69, 9.17) is 21.1 Å². The fraction of sp³-hybridized carbons (Fsp3) is 0.483. The van der Waals surface area contributed by atoms with Crippen molar-refractivity contribution in [3.05, 3.63) is 64.1 Å². The van der Waals surface area contributed by atoms with Gasteiger partial charge in [0.05, 0.1) is 16.3 Å². The fourth-order valence-electron chi connectivity index (χ4n) is 5.08. The van der Waals surface area contributed by atoms with E-state index in [1.165, 1.54) is 22.7 Å². The lowest BCUT2D eigenvalue weighted by Gasteiger charge is -2.38. The molecule has 1 aliphatic carbocycles. The van der Waals surface area contributed by atoms with Crippen LogP contribution in [0.2, 0.25) is 5.02 Å². The van der Waals surface area contributed by atoms with Gasteiger partial charge >= 0.3 is 6.09 Å². The molecule has 40 heavy (non-hydrogen) atoms. The predicted octanol–water partition coefficient (Wildman–Crippen LogP) is 6.50. The molecule has 2 amide bonds. The van der Waals surface area contributed by atoms with Gasteiger partial charge in [0.2, 0.25) is 0 Å². The van der Waals surface area contributed by atoms with Crippen LogP contribution in [-0.4, -0.2) is 39.1 Å². The molecule has 216 valence electrons. The Morgan fingerprint density at radius 1 is 1.15 bits per heavy atom. The standard InChI is InChI=1S/C29H35ClF2N4O4/c1-18-24(26(37)33-14-13-29(11-6-5-7-12-29)35-27(38)40-28(2,3)4)36-16-19(30)15-23(25(36)34-18)39-17-20-21(31)9-8-10-22(20)32/h8-10,15-16H,5-7,11-14,17H2,1-4H3,(H,33,37)(H,35,38). The third kappa shape index (κ3) is 7.02. The van der Waals surface area contributed by atoms with Crippen LogP contribution >= 0.6 is 11.6 Å². The fourth-order valence-corrected chi connectivity index (χ4v) is 5.28. The van der Waals surface area contributed by atoms with Crippen LogP contribution in [0.1, 0.15) is 81.0 Å². The number of aryl methyl sites for hydroxylation is 1. The van der Waals surface area contributed by atoms with Gasteiger partial charge in [0.1, 0.15) is 29.5 Å². The molecule has 2 N–H and O–H groups in total. The molecule has 1 aliphatic rings. The number of aromatic nitrogens is 2. The van der Waals surface area contributed by atoms with Crippen LogP contribution in [0.25, 0.3) is 5.65 Å². The zero-order chi connectivity index (χ0) is 29.1. The molecule has 0 bridgehead atoms. The van der Waals surface area contributed by atoms with E-state index in [0.29, 0.717) is 24.3 Å². The van der Waals surface area contributed by atoms with E-state index in [0.717, 1.165) is 44.2 Å². The lowest BCUT2D eigenvalue weighted by atomic mass is 9.79. The summed E-state index contributed by atoms with van der Waals surface area (Å²) in [6.45, 7) is 7.08. The van der Waals surface area contributed by atoms with Crippen LogP contribution in [0.5, 0.6) is 5.75 Å². The molecule has 3 aromatic rings. The molecule has 2 aromatic heterocycles. The van der Waals surface area contributed by atoms with E-state index in [1.807, 2.05) is 20.8 Å². The van der Waals surface area contributed by atoms with E-state index < -0.39 is 28.9 Å². The molecule has 0 spiro atoms. The van der Waals surface area contributed by atoms with Crippen molar-refractivity contribution in [2.45, 2.75) is 84.0 Å². The third-order valence-electron chi connectivity index (χ3n) is 6.94. The van der Waals surface area contributed by atoms with Crippen LogP contribution < -0.4 is 15.4 Å². The maximum atomic E-state index is 14.1. The van der Waals surface area contributed by atoms with Gasteiger partial charge in [-0.05, 0) is 59.1 Å². The Kier molecular flexibility index (Phi) is 8.87. The van der Waals surface area contributed by atoms with Crippen LogP contribution in [0.3, 0.4) is 0 Å². The molecule has 0 atom stereocenters. The van der Waals surface area contributed by atoms with Crippen molar-refractivity contribution in [3.8, 4) is 5.75 Å². The Hall–Kier alpha value is -3.40. The minimum atomic E-state index is -0.727. The Morgan fingerprint density at radius 3 is 2.48 bits per heavy atom. The summed E-state index contributed by atoms with van der Waals surface area (Å²) < 4.78 is 40.9. The first-order valence-electron chi connectivity index (χ1n) is 13.4. The van der Waals surface area contributed by atoms with Crippen molar-refractivity contribution >= 4 is 29.2 Å². The average Bonchev–Trinajstić information content (AvgIpc) is 3.18. The van der Waals surface area contributed by atoms with Crippen molar-refractivity contribution in [3.63, 3.8) is 0 Å². The molecule has 2 heterocycles. The Morgan fingerprint density at radius 2 is 1.82 bits per heavy atom. The summed E-state index contributed by atoms with van der Waals surface area (Å²) in [5, 5.41) is 6.28. The topological polar surface area (TPSA) is 94.0 Å². The van der Waals surface area contributed by atoms with Crippen molar-refractivity contribution in [1.82, 2.24) is 20.0 Å². The summed E-state index contributed by atoms with van der Waals surface area (Å²) in [5.74, 6) is -1.65. The van der Waals surface area contributed by atoms with Gasteiger partial charge in [-0.2, -0.15) is 0 Å². The summed E-state index contributed by atoms with van der Waals surface area (Å²) in [6.07, 6.45) is 6.27. The van der Waals surface area contributed by atoms with Crippen LogP contribution in [0.4, 0.5) is 13.6 Å². The summed E-state index contributed by atoms with van der Waals surface area (Å²) in [4.78, 5) is 30.3. The number of fused-ring (bicyclic) bond motifs is 1. The second-order valence-corrected chi connectivity index (χ2v) is 11.7. The van der Waals surface area contributed by atoms with Gasteiger partial charge in [0.25, 0.3) is 5.91 Å². The number of ether oxygens (including phenoxy) is 2. The van der Waals surface area contributed by atoms with Crippen LogP contribution in [0, 0.1) is 18.6 Å². The van der Waals surface area contributed by atoms with E-state index in [2.05, 4.69) is 15.6 Å². The van der Waals surface area contributed by atoms with Gasteiger partial charge in [-0.3, -0.25) is 9.20 Å². The van der Waals surface area contributed by atoms with Gasteiger partial charge in [0.15, 0.2) is 11.4 Å². The molecular weight excluding hydrogens is 542 g/mol. The number of benzene rings is 1. The second-order valence-electron chi connectivity index (χ2n) is 11.2. The highest BCUT2D eigenvalue weighted by Crippen LogP contribution is 2.32. The van der Waals surface area contributed by atoms with Crippen molar-refractivity contribution in [1.29, 1.82) is 0 Å². The Labute approximate surface area is 237 Å². The van der Waals surface area contributed by atoms with Crippen molar-refractivity contribution in [2.24, 2.45) is 0 Å². The molecule has 0 aliphatic heterocycles. The smallest absolute Gasteiger partial charge is 0.408 e. The normalized spacial score (nSPS) is 15.1. The van der Waals surface area contributed by atoms with Crippen molar-refractivity contribution < 1.29 is 27.8 Å². The van der Waals surface area contributed by atoms with E-state index >= 15 is 0 Å². The highest BCUT2D eigenvalue weighted by molar-refractivity contribution is 6.30. The number of rotatable bonds is 8. The van der Waals surface area contributed by atoms with E-state index in [1.54, 1.807) is 6.92 Å². The largest absolute Gasteiger partial charge is 0.485 e. The van der Waals surface area contributed by atoms with Crippen molar-refractivity contribution in [2.75, 3.05) is 6.54 Å². The van der Waals surface area contributed by atoms with Gasteiger partial charge < -0.3 is 20.1 Å². The average molecular weight is 577 g/mol. The number of hydrogen-bond donors (Lipinski definition) is 2. The number of nitrogens with zero attached hydrogens (tertiary/aromatic N) is 2. The molecule has 11 heteroatoms. The first kappa shape index (κ1) is 29.6. The molecule has 0 radical (unpaired) electrons. The van der Waals surface area contributed by atoms with Gasteiger partial charge in [0, 0.05) is 24.3 Å². The highest BCUT2D eigenvalue weighted by Gasteiger charge is 2.35. The second kappa shape index (κ2) is 12.0. The number of alkyl carbamates (subject to hydrolysis) is 1. The van der Waals surface area contributed by atoms with E-state index in [9.17, 15) is 18.4 Å². The number of halogens is 3. The summed E-state index contributed by atoms with van der Waals surface area (Å²) in [6, 6.07) is 5.06. The predicted molar refractivity (Wildman–Crippen MR) is 148 cm³/mol. The lowest BCUT2D eigenvalue weighted by Crippen LogP contribution is -2.52. The summed E-state index contributed by atoms with van der Waals surface area (Å²) in [5.41, 5.74) is -0.313. The molecule has 0 saturated heterocycles.